The lowest BCUT2D eigenvalue weighted by atomic mass is 9.80. The molecule has 0 unspecified atom stereocenters. The van der Waals surface area contributed by atoms with Crippen LogP contribution in [-0.2, 0) is 9.31 Å². The zero-order valence-electron chi connectivity index (χ0n) is 16.4. The maximum absolute atomic E-state index is 6.14. The van der Waals surface area contributed by atoms with Gasteiger partial charge in [0.15, 0.2) is 0 Å². The Morgan fingerprint density at radius 1 is 0.958 bits per heavy atom. The predicted octanol–water partition coefficient (Wildman–Crippen LogP) is 3.61. The first-order valence-electron chi connectivity index (χ1n) is 8.98. The van der Waals surface area contributed by atoms with Crippen molar-refractivity contribution < 1.29 is 9.31 Å². The van der Waals surface area contributed by atoms with Crippen LogP contribution < -0.4 is 9.69 Å². The van der Waals surface area contributed by atoms with Crippen LogP contribution in [0.2, 0.25) is 38.3 Å². The third-order valence-electron chi connectivity index (χ3n) is 6.08. The molecule has 0 N–H and O–H groups in total. The van der Waals surface area contributed by atoms with Crippen molar-refractivity contribution in [3.8, 4) is 0 Å². The number of hydrogen-bond donors (Lipinski definition) is 0. The minimum absolute atomic E-state index is 0.310. The van der Waals surface area contributed by atoms with E-state index in [1.165, 1.54) is 12.1 Å². The summed E-state index contributed by atoms with van der Waals surface area (Å²) in [5.41, 5.74) is 0.389. The van der Waals surface area contributed by atoms with Gasteiger partial charge in [-0.15, -0.1) is 0 Å². The number of anilines is 1. The Labute approximate surface area is 149 Å². The lowest BCUT2D eigenvalue weighted by Gasteiger charge is -2.40. The van der Waals surface area contributed by atoms with Gasteiger partial charge in [0.05, 0.1) is 11.2 Å². The van der Waals surface area contributed by atoms with E-state index in [2.05, 4.69) is 70.2 Å². The van der Waals surface area contributed by atoms with Crippen LogP contribution in [0.15, 0.2) is 18.3 Å². The molecular weight excluding hydrogens is 331 g/mol. The van der Waals surface area contributed by atoms with Gasteiger partial charge in [-0.05, 0) is 45.8 Å². The summed E-state index contributed by atoms with van der Waals surface area (Å²) in [6.45, 7) is 18.2. The molecule has 0 saturated carbocycles. The monoisotopic (exact) mass is 362 g/mol. The zero-order chi connectivity index (χ0) is 18.0. The second-order valence-corrected chi connectivity index (χ2v) is 19.1. The highest BCUT2D eigenvalue weighted by Gasteiger charge is 2.52. The molecule has 0 atom stereocenters. The molecule has 2 aliphatic heterocycles. The second-order valence-electron chi connectivity index (χ2n) is 9.50. The summed E-state index contributed by atoms with van der Waals surface area (Å²) in [7, 11) is -3.07. The summed E-state index contributed by atoms with van der Waals surface area (Å²) < 4.78 is 15.0. The molecular formula is C17H31BN2O2Si2. The van der Waals surface area contributed by atoms with Crippen LogP contribution in [0.4, 0.5) is 5.82 Å². The molecule has 0 radical (unpaired) electrons. The third-order valence-corrected chi connectivity index (χ3v) is 16.0. The van der Waals surface area contributed by atoms with Crippen LogP contribution in [-0.4, -0.2) is 39.8 Å². The topological polar surface area (TPSA) is 34.6 Å². The fourth-order valence-electron chi connectivity index (χ4n) is 3.92. The van der Waals surface area contributed by atoms with Crippen LogP contribution in [0.25, 0.3) is 0 Å². The minimum Gasteiger partial charge on any atom is -0.409 e. The van der Waals surface area contributed by atoms with Gasteiger partial charge in [0, 0.05) is 11.7 Å². The molecule has 4 nitrogen and oxygen atoms in total. The van der Waals surface area contributed by atoms with Crippen LogP contribution in [0.5, 0.6) is 0 Å². The molecule has 0 aromatic carbocycles. The SMILES string of the molecule is CC1(C)OB(c2ccc(N3[Si](C)(C)CC[Si]3(C)C)nc2)OC1(C)C. The highest BCUT2D eigenvalue weighted by Crippen LogP contribution is 2.40. The van der Waals surface area contributed by atoms with E-state index in [9.17, 15) is 0 Å². The van der Waals surface area contributed by atoms with Gasteiger partial charge in [-0.25, -0.2) is 4.98 Å². The van der Waals surface area contributed by atoms with Gasteiger partial charge >= 0.3 is 7.12 Å². The third kappa shape index (κ3) is 2.89. The molecule has 24 heavy (non-hydrogen) atoms. The molecule has 2 fully saturated rings. The number of rotatable bonds is 2. The summed E-state index contributed by atoms with van der Waals surface area (Å²) in [6, 6.07) is 7.08. The minimum atomic E-state index is -1.37. The van der Waals surface area contributed by atoms with Gasteiger partial charge < -0.3 is 13.5 Å². The van der Waals surface area contributed by atoms with Gasteiger partial charge in [-0.1, -0.05) is 32.3 Å². The van der Waals surface area contributed by atoms with E-state index < -0.39 is 16.5 Å². The van der Waals surface area contributed by atoms with Crippen molar-refractivity contribution in [3.63, 3.8) is 0 Å². The van der Waals surface area contributed by atoms with E-state index in [0.29, 0.717) is 0 Å². The summed E-state index contributed by atoms with van der Waals surface area (Å²) in [5.74, 6) is 1.15. The van der Waals surface area contributed by atoms with Gasteiger partial charge in [-0.3, -0.25) is 0 Å². The fraction of sp³-hybridized carbons (Fsp3) is 0.706. The molecule has 2 saturated heterocycles. The summed E-state index contributed by atoms with van der Waals surface area (Å²) in [6.07, 6.45) is 1.95. The van der Waals surface area contributed by atoms with Crippen molar-refractivity contribution in [2.45, 2.75) is 77.2 Å². The zero-order valence-corrected chi connectivity index (χ0v) is 18.4. The lowest BCUT2D eigenvalue weighted by Crippen LogP contribution is -2.55. The fourth-order valence-corrected chi connectivity index (χ4v) is 18.0. The standard InChI is InChI=1S/C17H31BN2O2Si2/c1-16(2)17(3,4)22-18(21-16)14-9-10-15(19-13-14)20-23(5,6)11-12-24(20,7)8/h9-10,13H,11-12H2,1-8H3. The first-order valence-corrected chi connectivity index (χ1v) is 15.3. The molecule has 0 bridgehead atoms. The van der Waals surface area contributed by atoms with Gasteiger partial charge in [0.1, 0.15) is 22.3 Å². The van der Waals surface area contributed by atoms with E-state index in [1.54, 1.807) is 0 Å². The largest absolute Gasteiger partial charge is 0.496 e. The van der Waals surface area contributed by atoms with Crippen molar-refractivity contribution in [2.75, 3.05) is 4.23 Å². The first kappa shape index (κ1) is 18.2. The number of pyridine rings is 1. The summed E-state index contributed by atoms with van der Waals surface area (Å²) >= 11 is 0. The predicted molar refractivity (Wildman–Crippen MR) is 107 cm³/mol. The Morgan fingerprint density at radius 3 is 1.88 bits per heavy atom. The maximum Gasteiger partial charge on any atom is 0.496 e. The van der Waals surface area contributed by atoms with Gasteiger partial charge in [0.25, 0.3) is 0 Å². The number of hydrogen-bond acceptors (Lipinski definition) is 4. The molecule has 3 rings (SSSR count). The molecule has 0 aliphatic carbocycles. The van der Waals surface area contributed by atoms with Crippen LogP contribution >= 0.6 is 0 Å². The smallest absolute Gasteiger partial charge is 0.409 e. The molecule has 1 aromatic heterocycles. The Morgan fingerprint density at radius 2 is 1.46 bits per heavy atom. The molecule has 7 heteroatoms. The molecule has 0 amide bonds. The Balaban J connectivity index is 1.85. The Hall–Kier alpha value is -0.631. The van der Waals surface area contributed by atoms with Crippen molar-refractivity contribution in [3.05, 3.63) is 18.3 Å². The molecule has 1 aromatic rings. The molecule has 0 spiro atoms. The van der Waals surface area contributed by atoms with Gasteiger partial charge in [0.2, 0.25) is 0 Å². The first-order chi connectivity index (χ1) is 10.9. The highest BCUT2D eigenvalue weighted by atomic mass is 28.4. The van der Waals surface area contributed by atoms with Crippen LogP contribution in [0, 0.1) is 0 Å². The van der Waals surface area contributed by atoms with Crippen LogP contribution in [0.3, 0.4) is 0 Å². The molecule has 2 aliphatic rings. The quantitative estimate of drug-likeness (QED) is 0.753. The highest BCUT2D eigenvalue weighted by molar-refractivity contribution is 7.04. The Bertz CT molecular complexity index is 600. The average molecular weight is 362 g/mol. The lowest BCUT2D eigenvalue weighted by molar-refractivity contribution is 0.00578. The van der Waals surface area contributed by atoms with E-state index in [4.69, 9.17) is 14.3 Å². The normalized spacial score (nSPS) is 26.8. The van der Waals surface area contributed by atoms with E-state index in [0.717, 1.165) is 11.3 Å². The van der Waals surface area contributed by atoms with E-state index in [1.807, 2.05) is 6.20 Å². The summed E-state index contributed by atoms with van der Waals surface area (Å²) in [4.78, 5) is 4.83. The van der Waals surface area contributed by atoms with Crippen molar-refractivity contribution in [1.82, 2.24) is 4.98 Å². The molecule has 3 heterocycles. The maximum atomic E-state index is 6.14. The van der Waals surface area contributed by atoms with Crippen molar-refractivity contribution in [2.24, 2.45) is 0 Å². The Kier molecular flexibility index (Phi) is 4.11. The van der Waals surface area contributed by atoms with Crippen LogP contribution in [0.1, 0.15) is 27.7 Å². The number of aromatic nitrogens is 1. The molecule has 132 valence electrons. The number of nitrogens with zero attached hydrogens (tertiary/aromatic N) is 2. The second kappa shape index (κ2) is 5.43. The van der Waals surface area contributed by atoms with E-state index in [-0.39, 0.29) is 18.3 Å². The van der Waals surface area contributed by atoms with E-state index >= 15 is 0 Å². The summed E-state index contributed by atoms with van der Waals surface area (Å²) in [5, 5.41) is 0. The van der Waals surface area contributed by atoms with Gasteiger partial charge in [-0.2, -0.15) is 0 Å². The van der Waals surface area contributed by atoms with Crippen molar-refractivity contribution in [1.29, 1.82) is 0 Å². The average Bonchev–Trinajstić information content (AvgIpc) is 2.79. The van der Waals surface area contributed by atoms with Crippen molar-refractivity contribution >= 4 is 34.9 Å².